The Morgan fingerprint density at radius 3 is 2.20 bits per heavy atom. The maximum absolute atomic E-state index is 13.5. The van der Waals surface area contributed by atoms with E-state index in [2.05, 4.69) is 5.32 Å². The summed E-state index contributed by atoms with van der Waals surface area (Å²) in [6, 6.07) is 5.28. The van der Waals surface area contributed by atoms with Gasteiger partial charge in [-0.05, 0) is 62.1 Å². The molecule has 2 rings (SSSR count). The van der Waals surface area contributed by atoms with Crippen molar-refractivity contribution in [2.24, 2.45) is 0 Å². The van der Waals surface area contributed by atoms with E-state index in [4.69, 9.17) is 4.74 Å². The summed E-state index contributed by atoms with van der Waals surface area (Å²) >= 11 is 0. The molecule has 0 aliphatic heterocycles. The number of carbonyl (C=O) groups is 3. The third-order valence-corrected chi connectivity index (χ3v) is 4.08. The van der Waals surface area contributed by atoms with E-state index in [0.29, 0.717) is 23.0 Å². The quantitative estimate of drug-likeness (QED) is 0.329. The van der Waals surface area contributed by atoms with Gasteiger partial charge in [-0.15, -0.1) is 0 Å². The van der Waals surface area contributed by atoms with Crippen LogP contribution in [-0.2, 0) is 19.1 Å². The minimum absolute atomic E-state index is 0.132. The lowest BCUT2D eigenvalue weighted by Crippen LogP contribution is -2.33. The molecule has 0 heterocycles. The van der Waals surface area contributed by atoms with Crippen molar-refractivity contribution in [1.29, 1.82) is 0 Å². The standard InChI is InChI=1S/C22H22F3NO4/c1-12-7-13(5-6-15(12)14-8-16(23)21(25)17(24)9-14)18(11-27)26-19(28)10-20(29)30-22(2,3)4/h5-9,11,18H,10H2,1-4H3,(H,26,28). The fourth-order valence-corrected chi connectivity index (χ4v) is 2.84. The van der Waals surface area contributed by atoms with Gasteiger partial charge in [0.1, 0.15) is 24.3 Å². The van der Waals surface area contributed by atoms with Crippen LogP contribution in [0.2, 0.25) is 0 Å². The highest BCUT2D eigenvalue weighted by molar-refractivity contribution is 5.95. The zero-order chi connectivity index (χ0) is 22.6. The maximum atomic E-state index is 13.5. The molecule has 0 bridgehead atoms. The molecule has 2 aromatic rings. The highest BCUT2D eigenvalue weighted by Crippen LogP contribution is 2.28. The second kappa shape index (κ2) is 9.11. The van der Waals surface area contributed by atoms with E-state index in [0.717, 1.165) is 12.1 Å². The summed E-state index contributed by atoms with van der Waals surface area (Å²) in [6.45, 7) is 6.64. The Morgan fingerprint density at radius 2 is 1.70 bits per heavy atom. The lowest BCUT2D eigenvalue weighted by molar-refractivity contribution is -0.156. The minimum Gasteiger partial charge on any atom is -0.460 e. The topological polar surface area (TPSA) is 72.5 Å². The highest BCUT2D eigenvalue weighted by Gasteiger charge is 2.22. The SMILES string of the molecule is Cc1cc(C(C=O)NC(=O)CC(=O)OC(C)(C)C)ccc1-c1cc(F)c(F)c(F)c1. The van der Waals surface area contributed by atoms with Crippen LogP contribution < -0.4 is 5.32 Å². The Kier molecular flexibility index (Phi) is 7.02. The molecule has 0 aromatic heterocycles. The summed E-state index contributed by atoms with van der Waals surface area (Å²) < 4.78 is 45.3. The van der Waals surface area contributed by atoms with Crippen LogP contribution >= 0.6 is 0 Å². The zero-order valence-corrected chi connectivity index (χ0v) is 17.0. The van der Waals surface area contributed by atoms with E-state index in [1.54, 1.807) is 33.8 Å². The molecule has 0 saturated heterocycles. The average molecular weight is 421 g/mol. The fourth-order valence-electron chi connectivity index (χ4n) is 2.84. The molecule has 160 valence electrons. The number of carbonyl (C=O) groups excluding carboxylic acids is 3. The van der Waals surface area contributed by atoms with Crippen molar-refractivity contribution >= 4 is 18.2 Å². The molecule has 30 heavy (non-hydrogen) atoms. The molecular formula is C22H22F3NO4. The van der Waals surface area contributed by atoms with Crippen molar-refractivity contribution in [3.05, 3.63) is 58.9 Å². The number of hydrogen-bond donors (Lipinski definition) is 1. The maximum Gasteiger partial charge on any atom is 0.315 e. The number of nitrogens with one attached hydrogen (secondary N) is 1. The molecule has 1 atom stereocenters. The number of aryl methyl sites for hydroxylation is 1. The van der Waals surface area contributed by atoms with Gasteiger partial charge in [-0.25, -0.2) is 13.2 Å². The zero-order valence-electron chi connectivity index (χ0n) is 17.0. The monoisotopic (exact) mass is 421 g/mol. The van der Waals surface area contributed by atoms with Crippen molar-refractivity contribution in [2.45, 2.75) is 45.8 Å². The van der Waals surface area contributed by atoms with Gasteiger partial charge in [0, 0.05) is 0 Å². The van der Waals surface area contributed by atoms with Crippen LogP contribution in [0.3, 0.4) is 0 Å². The van der Waals surface area contributed by atoms with Gasteiger partial charge in [0.05, 0.1) is 0 Å². The summed E-state index contributed by atoms with van der Waals surface area (Å²) in [5.41, 5.74) is 0.777. The summed E-state index contributed by atoms with van der Waals surface area (Å²) in [7, 11) is 0. The summed E-state index contributed by atoms with van der Waals surface area (Å²) in [5.74, 6) is -5.59. The molecule has 1 unspecified atom stereocenters. The van der Waals surface area contributed by atoms with E-state index in [1.165, 1.54) is 12.1 Å². The lowest BCUT2D eigenvalue weighted by atomic mass is 9.96. The number of esters is 1. The second-order valence-corrected chi connectivity index (χ2v) is 7.77. The number of rotatable bonds is 6. The van der Waals surface area contributed by atoms with E-state index in [9.17, 15) is 27.6 Å². The molecule has 1 N–H and O–H groups in total. The van der Waals surface area contributed by atoms with Crippen LogP contribution in [-0.4, -0.2) is 23.8 Å². The third kappa shape index (κ3) is 5.92. The first-order chi connectivity index (χ1) is 13.9. The number of amides is 1. The van der Waals surface area contributed by atoms with Crippen molar-refractivity contribution in [3.8, 4) is 11.1 Å². The summed E-state index contributed by atoms with van der Waals surface area (Å²) in [4.78, 5) is 35.3. The second-order valence-electron chi connectivity index (χ2n) is 7.77. The Balaban J connectivity index is 2.18. The van der Waals surface area contributed by atoms with Crippen LogP contribution in [0.25, 0.3) is 11.1 Å². The highest BCUT2D eigenvalue weighted by atomic mass is 19.2. The molecular weight excluding hydrogens is 399 g/mol. The van der Waals surface area contributed by atoms with Crippen LogP contribution in [0, 0.1) is 24.4 Å². The first kappa shape index (κ1) is 23.1. The molecule has 0 spiro atoms. The Hall–Kier alpha value is -3.16. The molecule has 0 aliphatic carbocycles. The van der Waals surface area contributed by atoms with Gasteiger partial charge in [-0.2, -0.15) is 0 Å². The largest absolute Gasteiger partial charge is 0.460 e. The van der Waals surface area contributed by atoms with Crippen molar-refractivity contribution < 1.29 is 32.3 Å². The number of halogens is 3. The first-order valence-electron chi connectivity index (χ1n) is 9.13. The van der Waals surface area contributed by atoms with Crippen molar-refractivity contribution in [3.63, 3.8) is 0 Å². The normalized spacial score (nSPS) is 12.2. The Labute approximate surface area is 172 Å². The minimum atomic E-state index is -1.55. The lowest BCUT2D eigenvalue weighted by Gasteiger charge is -2.20. The molecule has 0 saturated carbocycles. The fraction of sp³-hybridized carbons (Fsp3) is 0.318. The van der Waals surface area contributed by atoms with Crippen molar-refractivity contribution in [2.75, 3.05) is 0 Å². The van der Waals surface area contributed by atoms with Gasteiger partial charge in [0.25, 0.3) is 0 Å². The van der Waals surface area contributed by atoms with E-state index in [-0.39, 0.29) is 5.56 Å². The first-order valence-corrected chi connectivity index (χ1v) is 9.13. The predicted octanol–water partition coefficient (Wildman–Crippen LogP) is 4.17. The molecule has 0 radical (unpaired) electrons. The number of hydrogen-bond acceptors (Lipinski definition) is 4. The molecule has 2 aromatic carbocycles. The van der Waals surface area contributed by atoms with Gasteiger partial charge < -0.3 is 14.8 Å². The van der Waals surface area contributed by atoms with Gasteiger partial charge in [-0.1, -0.05) is 18.2 Å². The molecule has 0 fully saturated rings. The van der Waals surface area contributed by atoms with Gasteiger partial charge >= 0.3 is 5.97 Å². The molecule has 1 amide bonds. The van der Waals surface area contributed by atoms with E-state index >= 15 is 0 Å². The molecule has 8 heteroatoms. The Bertz CT molecular complexity index is 960. The predicted molar refractivity (Wildman–Crippen MR) is 104 cm³/mol. The van der Waals surface area contributed by atoms with Crippen LogP contribution in [0.4, 0.5) is 13.2 Å². The number of ether oxygens (including phenoxy) is 1. The van der Waals surface area contributed by atoms with E-state index < -0.39 is 47.4 Å². The van der Waals surface area contributed by atoms with Crippen molar-refractivity contribution in [1.82, 2.24) is 5.32 Å². The molecule has 0 aliphatic rings. The number of benzene rings is 2. The summed E-state index contributed by atoms with van der Waals surface area (Å²) in [5, 5.41) is 2.43. The molecule has 5 nitrogen and oxygen atoms in total. The van der Waals surface area contributed by atoms with Gasteiger partial charge in [-0.3, -0.25) is 9.59 Å². The van der Waals surface area contributed by atoms with E-state index in [1.807, 2.05) is 0 Å². The van der Waals surface area contributed by atoms with Crippen LogP contribution in [0.1, 0.15) is 44.4 Å². The van der Waals surface area contributed by atoms with Crippen LogP contribution in [0.5, 0.6) is 0 Å². The third-order valence-electron chi connectivity index (χ3n) is 4.08. The van der Waals surface area contributed by atoms with Gasteiger partial charge in [0.2, 0.25) is 5.91 Å². The van der Waals surface area contributed by atoms with Gasteiger partial charge in [0.15, 0.2) is 17.5 Å². The number of aldehydes is 1. The van der Waals surface area contributed by atoms with Crippen LogP contribution in [0.15, 0.2) is 30.3 Å². The average Bonchev–Trinajstić information content (AvgIpc) is 2.62. The smallest absolute Gasteiger partial charge is 0.315 e. The Morgan fingerprint density at radius 1 is 1.10 bits per heavy atom. The summed E-state index contributed by atoms with van der Waals surface area (Å²) in [6.07, 6.45) is -0.0501.